The molecule has 106 valence electrons. The van der Waals surface area contributed by atoms with Crippen molar-refractivity contribution >= 4 is 21.9 Å². The maximum atomic E-state index is 5.60. The van der Waals surface area contributed by atoms with Gasteiger partial charge in [-0.15, -0.1) is 4.98 Å². The van der Waals surface area contributed by atoms with Crippen molar-refractivity contribution in [2.45, 2.75) is 13.8 Å². The van der Waals surface area contributed by atoms with E-state index in [-0.39, 0.29) is 12.0 Å². The number of ether oxygens (including phenoxy) is 2. The van der Waals surface area contributed by atoms with Gasteiger partial charge in [-0.25, -0.2) is 0 Å². The fourth-order valence-corrected chi connectivity index (χ4v) is 1.69. The topological polar surface area (TPSA) is 69.2 Å². The van der Waals surface area contributed by atoms with Crippen LogP contribution >= 0.6 is 15.9 Å². The number of halogens is 1. The highest BCUT2D eigenvalue weighted by Crippen LogP contribution is 2.22. The molecule has 2 rings (SSSR count). The first-order valence-electron chi connectivity index (χ1n) is 6.27. The zero-order chi connectivity index (χ0) is 14.4. The molecule has 1 aromatic heterocycles. The number of hydrogen-bond acceptors (Lipinski definition) is 6. The maximum absolute atomic E-state index is 5.60. The number of nitrogens with one attached hydrogen (secondary N) is 1. The van der Waals surface area contributed by atoms with Crippen LogP contribution in [-0.2, 0) is 0 Å². The van der Waals surface area contributed by atoms with Gasteiger partial charge < -0.3 is 14.8 Å². The lowest BCUT2D eigenvalue weighted by Crippen LogP contribution is -2.07. The van der Waals surface area contributed by atoms with Crippen LogP contribution in [0.2, 0.25) is 0 Å². The Balaban J connectivity index is 2.22. The highest BCUT2D eigenvalue weighted by atomic mass is 79.9. The van der Waals surface area contributed by atoms with Crippen molar-refractivity contribution in [2.24, 2.45) is 0 Å². The molecular weight excluding hydrogens is 324 g/mol. The summed E-state index contributed by atoms with van der Waals surface area (Å²) < 4.78 is 11.9. The predicted molar refractivity (Wildman–Crippen MR) is 79.4 cm³/mol. The average Bonchev–Trinajstić information content (AvgIpc) is 2.42. The Labute approximate surface area is 125 Å². The molecule has 1 N–H and O–H groups in total. The predicted octanol–water partition coefficient (Wildman–Crippen LogP) is 3.26. The molecule has 0 aliphatic carbocycles. The van der Waals surface area contributed by atoms with Gasteiger partial charge in [0.1, 0.15) is 5.75 Å². The molecule has 0 aliphatic rings. The standard InChI is InChI=1S/C13H15BrN4O2/c1-3-15-11-16-12(19-4-2)18-13(17-11)20-10-7-5-9(14)6-8-10/h5-8H,3-4H2,1-2H3,(H,15,16,17,18). The Morgan fingerprint density at radius 1 is 1.05 bits per heavy atom. The lowest BCUT2D eigenvalue weighted by atomic mass is 10.3. The summed E-state index contributed by atoms with van der Waals surface area (Å²) in [5.74, 6) is 1.07. The van der Waals surface area contributed by atoms with Gasteiger partial charge >= 0.3 is 12.0 Å². The molecule has 0 radical (unpaired) electrons. The van der Waals surface area contributed by atoms with E-state index in [1.807, 2.05) is 38.1 Å². The van der Waals surface area contributed by atoms with E-state index in [9.17, 15) is 0 Å². The third-order valence-corrected chi connectivity index (χ3v) is 2.75. The number of hydrogen-bond donors (Lipinski definition) is 1. The lowest BCUT2D eigenvalue weighted by molar-refractivity contribution is 0.304. The SMILES string of the molecule is CCNc1nc(OCC)nc(Oc2ccc(Br)cc2)n1. The molecular formula is C13H15BrN4O2. The fourth-order valence-electron chi connectivity index (χ4n) is 1.42. The van der Waals surface area contributed by atoms with Gasteiger partial charge in [-0.3, -0.25) is 0 Å². The number of nitrogens with zero attached hydrogens (tertiary/aromatic N) is 3. The van der Waals surface area contributed by atoms with Crippen molar-refractivity contribution in [3.8, 4) is 17.8 Å². The molecule has 1 aromatic carbocycles. The minimum atomic E-state index is 0.196. The molecule has 0 atom stereocenters. The van der Waals surface area contributed by atoms with E-state index < -0.39 is 0 Å². The van der Waals surface area contributed by atoms with Gasteiger partial charge in [-0.05, 0) is 38.1 Å². The Kier molecular flexibility index (Phi) is 5.11. The smallest absolute Gasteiger partial charge is 0.330 e. The number of rotatable bonds is 6. The van der Waals surface area contributed by atoms with Gasteiger partial charge in [0.2, 0.25) is 5.95 Å². The van der Waals surface area contributed by atoms with Crippen molar-refractivity contribution in [2.75, 3.05) is 18.5 Å². The van der Waals surface area contributed by atoms with Crippen LogP contribution in [-0.4, -0.2) is 28.1 Å². The molecule has 0 amide bonds. The summed E-state index contributed by atoms with van der Waals surface area (Å²) in [6.07, 6.45) is 0. The summed E-state index contributed by atoms with van der Waals surface area (Å²) in [5, 5.41) is 3.01. The molecule has 0 aliphatic heterocycles. The van der Waals surface area contributed by atoms with E-state index in [4.69, 9.17) is 9.47 Å². The summed E-state index contributed by atoms with van der Waals surface area (Å²) in [6, 6.07) is 7.84. The van der Waals surface area contributed by atoms with E-state index in [1.165, 1.54) is 0 Å². The first kappa shape index (κ1) is 14.5. The quantitative estimate of drug-likeness (QED) is 0.871. The Bertz CT molecular complexity index is 539. The Morgan fingerprint density at radius 2 is 1.75 bits per heavy atom. The van der Waals surface area contributed by atoms with E-state index >= 15 is 0 Å². The first-order chi connectivity index (χ1) is 9.71. The van der Waals surface area contributed by atoms with Crippen molar-refractivity contribution < 1.29 is 9.47 Å². The highest BCUT2D eigenvalue weighted by Gasteiger charge is 2.08. The van der Waals surface area contributed by atoms with Crippen LogP contribution in [0.3, 0.4) is 0 Å². The monoisotopic (exact) mass is 338 g/mol. The van der Waals surface area contributed by atoms with Gasteiger partial charge in [0.25, 0.3) is 0 Å². The zero-order valence-electron chi connectivity index (χ0n) is 11.3. The molecule has 0 spiro atoms. The second kappa shape index (κ2) is 7.04. The summed E-state index contributed by atoms with van der Waals surface area (Å²) in [5.41, 5.74) is 0. The second-order valence-electron chi connectivity index (χ2n) is 3.74. The van der Waals surface area contributed by atoms with Gasteiger partial charge in [0.15, 0.2) is 0 Å². The van der Waals surface area contributed by atoms with Crippen molar-refractivity contribution in [3.05, 3.63) is 28.7 Å². The molecule has 2 aromatic rings. The van der Waals surface area contributed by atoms with E-state index in [0.29, 0.717) is 24.8 Å². The van der Waals surface area contributed by atoms with E-state index in [1.54, 1.807) is 0 Å². The summed E-state index contributed by atoms with van der Waals surface area (Å²) >= 11 is 3.37. The van der Waals surface area contributed by atoms with Crippen LogP contribution in [0.1, 0.15) is 13.8 Å². The molecule has 0 unspecified atom stereocenters. The zero-order valence-corrected chi connectivity index (χ0v) is 12.8. The molecule has 6 nitrogen and oxygen atoms in total. The molecule has 1 heterocycles. The molecule has 20 heavy (non-hydrogen) atoms. The fraction of sp³-hybridized carbons (Fsp3) is 0.308. The van der Waals surface area contributed by atoms with Crippen LogP contribution in [0.15, 0.2) is 28.7 Å². The first-order valence-corrected chi connectivity index (χ1v) is 7.06. The maximum Gasteiger partial charge on any atom is 0.330 e. The number of benzene rings is 1. The van der Waals surface area contributed by atoms with Crippen molar-refractivity contribution in [3.63, 3.8) is 0 Å². The second-order valence-corrected chi connectivity index (χ2v) is 4.66. The normalized spacial score (nSPS) is 10.2. The third-order valence-electron chi connectivity index (χ3n) is 2.23. The number of aromatic nitrogens is 3. The molecule has 0 bridgehead atoms. The number of anilines is 1. The summed E-state index contributed by atoms with van der Waals surface area (Å²) in [6.45, 7) is 5.01. The van der Waals surface area contributed by atoms with Crippen LogP contribution in [0.4, 0.5) is 5.95 Å². The molecule has 7 heteroatoms. The Hall–Kier alpha value is -1.89. The molecule has 0 saturated heterocycles. The van der Waals surface area contributed by atoms with Crippen LogP contribution in [0.25, 0.3) is 0 Å². The average molecular weight is 339 g/mol. The molecule has 0 saturated carbocycles. The van der Waals surface area contributed by atoms with Crippen molar-refractivity contribution in [1.29, 1.82) is 0 Å². The van der Waals surface area contributed by atoms with Crippen molar-refractivity contribution in [1.82, 2.24) is 15.0 Å². The van der Waals surface area contributed by atoms with E-state index in [2.05, 4.69) is 36.2 Å². The largest absolute Gasteiger partial charge is 0.464 e. The molecule has 0 fully saturated rings. The van der Waals surface area contributed by atoms with Gasteiger partial charge in [-0.2, -0.15) is 9.97 Å². The van der Waals surface area contributed by atoms with Gasteiger partial charge in [0, 0.05) is 11.0 Å². The Morgan fingerprint density at radius 3 is 2.40 bits per heavy atom. The highest BCUT2D eigenvalue weighted by molar-refractivity contribution is 9.10. The minimum absolute atomic E-state index is 0.196. The summed E-state index contributed by atoms with van der Waals surface area (Å²) in [7, 11) is 0. The van der Waals surface area contributed by atoms with E-state index in [0.717, 1.165) is 4.47 Å². The van der Waals surface area contributed by atoms with Crippen LogP contribution in [0, 0.1) is 0 Å². The summed E-state index contributed by atoms with van der Waals surface area (Å²) in [4.78, 5) is 12.4. The third kappa shape index (κ3) is 4.06. The van der Waals surface area contributed by atoms with Crippen LogP contribution < -0.4 is 14.8 Å². The van der Waals surface area contributed by atoms with Gasteiger partial charge in [0.05, 0.1) is 6.61 Å². The van der Waals surface area contributed by atoms with Gasteiger partial charge in [-0.1, -0.05) is 15.9 Å². The van der Waals surface area contributed by atoms with Crippen LogP contribution in [0.5, 0.6) is 17.8 Å². The minimum Gasteiger partial charge on any atom is -0.464 e. The lowest BCUT2D eigenvalue weighted by Gasteiger charge is -2.08.